The van der Waals surface area contributed by atoms with E-state index in [1.807, 2.05) is 19.1 Å². The van der Waals surface area contributed by atoms with Gasteiger partial charge in [0.05, 0.1) is 0 Å². The van der Waals surface area contributed by atoms with Crippen LogP contribution in [0, 0.1) is 6.92 Å². The molecule has 2 heterocycles. The summed E-state index contributed by atoms with van der Waals surface area (Å²) in [4.78, 5) is 13.9. The molecule has 5 heteroatoms. The molecule has 5 nitrogen and oxygen atoms in total. The molecule has 1 aliphatic heterocycles. The van der Waals surface area contributed by atoms with Gasteiger partial charge in [-0.15, -0.1) is 0 Å². The van der Waals surface area contributed by atoms with Gasteiger partial charge >= 0.3 is 5.63 Å². The minimum atomic E-state index is -0.336. The molecule has 0 amide bonds. The van der Waals surface area contributed by atoms with Crippen LogP contribution in [0.1, 0.15) is 31.2 Å². The molecule has 0 spiro atoms. The molecule has 1 N–H and O–H groups in total. The lowest BCUT2D eigenvalue weighted by Gasteiger charge is -2.35. The molecule has 1 fully saturated rings. The maximum absolute atomic E-state index is 11.5. The van der Waals surface area contributed by atoms with Gasteiger partial charge in [-0.25, -0.2) is 4.79 Å². The van der Waals surface area contributed by atoms with Crippen LogP contribution in [0.3, 0.4) is 0 Å². The molecule has 130 valence electrons. The number of likely N-dealkylation sites (tertiary alicyclic amines) is 1. The lowest BCUT2D eigenvalue weighted by Crippen LogP contribution is -2.42. The SMILES string of the molecule is Cc1cc(=O)oc2cc(OCCN3CCCCC3CCO)ccc12. The van der Waals surface area contributed by atoms with Crippen molar-refractivity contribution in [2.45, 2.75) is 38.6 Å². The second kappa shape index (κ2) is 7.81. The van der Waals surface area contributed by atoms with Crippen LogP contribution >= 0.6 is 0 Å². The third-order valence-corrected chi connectivity index (χ3v) is 4.78. The Balaban J connectivity index is 1.62. The fourth-order valence-electron chi connectivity index (χ4n) is 3.51. The highest BCUT2D eigenvalue weighted by Crippen LogP contribution is 2.23. The van der Waals surface area contributed by atoms with Gasteiger partial charge in [-0.3, -0.25) is 4.90 Å². The normalized spacial score (nSPS) is 18.8. The third-order valence-electron chi connectivity index (χ3n) is 4.78. The van der Waals surface area contributed by atoms with Gasteiger partial charge in [-0.05, 0) is 50.4 Å². The highest BCUT2D eigenvalue weighted by molar-refractivity contribution is 5.81. The van der Waals surface area contributed by atoms with Crippen LogP contribution in [0.15, 0.2) is 33.5 Å². The summed E-state index contributed by atoms with van der Waals surface area (Å²) in [6, 6.07) is 7.59. The molecule has 1 aliphatic rings. The maximum Gasteiger partial charge on any atom is 0.336 e. The summed E-state index contributed by atoms with van der Waals surface area (Å²) in [6.45, 7) is 4.65. The zero-order valence-electron chi connectivity index (χ0n) is 14.2. The van der Waals surface area contributed by atoms with E-state index < -0.39 is 0 Å². The molecule has 1 aromatic carbocycles. The molecule has 1 saturated heterocycles. The second-order valence-electron chi connectivity index (χ2n) is 6.45. The van der Waals surface area contributed by atoms with E-state index in [1.54, 1.807) is 6.07 Å². The summed E-state index contributed by atoms with van der Waals surface area (Å²) in [5, 5.41) is 10.1. The number of fused-ring (bicyclic) bond motifs is 1. The van der Waals surface area contributed by atoms with E-state index >= 15 is 0 Å². The highest BCUT2D eigenvalue weighted by Gasteiger charge is 2.21. The number of aliphatic hydroxyl groups is 1. The molecule has 24 heavy (non-hydrogen) atoms. The molecule has 0 saturated carbocycles. The van der Waals surface area contributed by atoms with Gasteiger partial charge in [0.1, 0.15) is 17.9 Å². The molecular weight excluding hydrogens is 306 g/mol. The Morgan fingerprint density at radius 3 is 3.04 bits per heavy atom. The summed E-state index contributed by atoms with van der Waals surface area (Å²) in [6.07, 6.45) is 4.44. The van der Waals surface area contributed by atoms with Crippen molar-refractivity contribution in [3.8, 4) is 5.75 Å². The molecule has 0 radical (unpaired) electrons. The number of aryl methyl sites for hydroxylation is 1. The van der Waals surface area contributed by atoms with Crippen LogP contribution in [-0.4, -0.2) is 42.4 Å². The van der Waals surface area contributed by atoms with E-state index in [2.05, 4.69) is 4.90 Å². The molecule has 3 rings (SSSR count). The van der Waals surface area contributed by atoms with Gasteiger partial charge in [0.2, 0.25) is 0 Å². The van der Waals surface area contributed by atoms with E-state index in [-0.39, 0.29) is 12.2 Å². The first-order chi connectivity index (χ1) is 11.7. The smallest absolute Gasteiger partial charge is 0.336 e. The fraction of sp³-hybridized carbons (Fsp3) is 0.526. The number of nitrogens with zero attached hydrogens (tertiary/aromatic N) is 1. The van der Waals surface area contributed by atoms with Crippen LogP contribution in [-0.2, 0) is 0 Å². The molecular formula is C19H25NO4. The second-order valence-corrected chi connectivity index (χ2v) is 6.45. The lowest BCUT2D eigenvalue weighted by atomic mass is 10.00. The summed E-state index contributed by atoms with van der Waals surface area (Å²) in [7, 11) is 0. The van der Waals surface area contributed by atoms with Crippen molar-refractivity contribution in [3.05, 3.63) is 40.2 Å². The molecule has 1 unspecified atom stereocenters. The number of benzene rings is 1. The van der Waals surface area contributed by atoms with Crippen LogP contribution < -0.4 is 10.4 Å². The van der Waals surface area contributed by atoms with Crippen molar-refractivity contribution < 1.29 is 14.3 Å². The predicted molar refractivity (Wildman–Crippen MR) is 93.6 cm³/mol. The van der Waals surface area contributed by atoms with E-state index in [0.717, 1.165) is 36.9 Å². The molecule has 0 bridgehead atoms. The highest BCUT2D eigenvalue weighted by atomic mass is 16.5. The lowest BCUT2D eigenvalue weighted by molar-refractivity contribution is 0.102. The van der Waals surface area contributed by atoms with Crippen LogP contribution in [0.2, 0.25) is 0 Å². The van der Waals surface area contributed by atoms with Crippen molar-refractivity contribution in [3.63, 3.8) is 0 Å². The number of ether oxygens (including phenoxy) is 1. The zero-order chi connectivity index (χ0) is 16.9. The van der Waals surface area contributed by atoms with E-state index in [0.29, 0.717) is 24.0 Å². The summed E-state index contributed by atoms with van der Waals surface area (Å²) in [5.41, 5.74) is 1.14. The maximum atomic E-state index is 11.5. The zero-order valence-corrected chi connectivity index (χ0v) is 14.2. The Morgan fingerprint density at radius 2 is 2.21 bits per heavy atom. The quantitative estimate of drug-likeness (QED) is 0.825. The minimum Gasteiger partial charge on any atom is -0.492 e. The summed E-state index contributed by atoms with van der Waals surface area (Å²) >= 11 is 0. The number of hydrogen-bond acceptors (Lipinski definition) is 5. The topological polar surface area (TPSA) is 62.9 Å². The number of hydrogen-bond donors (Lipinski definition) is 1. The van der Waals surface area contributed by atoms with Gasteiger partial charge in [0.25, 0.3) is 0 Å². The molecule has 1 atom stereocenters. The summed E-state index contributed by atoms with van der Waals surface area (Å²) in [5.74, 6) is 0.715. The van der Waals surface area contributed by atoms with Crippen LogP contribution in [0.4, 0.5) is 0 Å². The average Bonchev–Trinajstić information content (AvgIpc) is 2.56. The molecule has 0 aliphatic carbocycles. The largest absolute Gasteiger partial charge is 0.492 e. The number of aliphatic hydroxyl groups excluding tert-OH is 1. The minimum absolute atomic E-state index is 0.241. The fourth-order valence-corrected chi connectivity index (χ4v) is 3.51. The van der Waals surface area contributed by atoms with Crippen LogP contribution in [0.5, 0.6) is 5.75 Å². The Bertz CT molecular complexity index is 738. The van der Waals surface area contributed by atoms with E-state index in [4.69, 9.17) is 9.15 Å². The van der Waals surface area contributed by atoms with Crippen LogP contribution in [0.25, 0.3) is 11.0 Å². The van der Waals surface area contributed by atoms with Crippen molar-refractivity contribution in [1.82, 2.24) is 4.90 Å². The van der Waals surface area contributed by atoms with Crippen molar-refractivity contribution in [1.29, 1.82) is 0 Å². The van der Waals surface area contributed by atoms with Crippen molar-refractivity contribution in [2.75, 3.05) is 26.3 Å². The van der Waals surface area contributed by atoms with E-state index in [1.165, 1.54) is 18.9 Å². The monoisotopic (exact) mass is 331 g/mol. The third kappa shape index (κ3) is 3.97. The van der Waals surface area contributed by atoms with Gasteiger partial charge < -0.3 is 14.3 Å². The Morgan fingerprint density at radius 1 is 1.33 bits per heavy atom. The summed E-state index contributed by atoms with van der Waals surface area (Å²) < 4.78 is 11.1. The van der Waals surface area contributed by atoms with Gasteiger partial charge in [-0.2, -0.15) is 0 Å². The van der Waals surface area contributed by atoms with Crippen molar-refractivity contribution in [2.24, 2.45) is 0 Å². The average molecular weight is 331 g/mol. The Hall–Kier alpha value is -1.85. The van der Waals surface area contributed by atoms with Gasteiger partial charge in [0, 0.05) is 36.7 Å². The molecule has 1 aromatic heterocycles. The molecule has 2 aromatic rings. The Kier molecular flexibility index (Phi) is 5.53. The van der Waals surface area contributed by atoms with Gasteiger partial charge in [0.15, 0.2) is 0 Å². The first kappa shape index (κ1) is 17.0. The first-order valence-electron chi connectivity index (χ1n) is 8.69. The number of rotatable bonds is 6. The van der Waals surface area contributed by atoms with Gasteiger partial charge in [-0.1, -0.05) is 6.42 Å². The Labute approximate surface area is 141 Å². The van der Waals surface area contributed by atoms with Crippen molar-refractivity contribution >= 4 is 11.0 Å². The predicted octanol–water partition coefficient (Wildman–Crippen LogP) is 2.72. The first-order valence-corrected chi connectivity index (χ1v) is 8.69. The van der Waals surface area contributed by atoms with E-state index in [9.17, 15) is 9.90 Å². The standard InChI is InChI=1S/C19H25NO4/c1-14-12-19(22)24-18-13-16(5-6-17(14)18)23-11-9-20-8-3-2-4-15(20)7-10-21/h5-6,12-13,15,21H,2-4,7-11H2,1H3. The number of piperidine rings is 1.